The molecule has 0 aromatic rings. The number of carbonyl (C=O) groups is 1. The second kappa shape index (κ2) is 6.57. The van der Waals surface area contributed by atoms with Crippen molar-refractivity contribution in [2.45, 2.75) is 57.7 Å². The van der Waals surface area contributed by atoms with Gasteiger partial charge in [0.15, 0.2) is 0 Å². The minimum Gasteiger partial charge on any atom is -0.372 e. The zero-order valence-electron chi connectivity index (χ0n) is 10.7. The van der Waals surface area contributed by atoms with Crippen molar-refractivity contribution in [1.82, 2.24) is 5.43 Å². The summed E-state index contributed by atoms with van der Waals surface area (Å²) in [6.45, 7) is 4.14. The lowest BCUT2D eigenvalue weighted by Gasteiger charge is -2.39. The number of amides is 1. The van der Waals surface area contributed by atoms with Crippen LogP contribution in [0, 0.1) is 5.92 Å². The van der Waals surface area contributed by atoms with E-state index in [4.69, 9.17) is 22.2 Å². The van der Waals surface area contributed by atoms with Gasteiger partial charge >= 0.3 is 0 Å². The maximum atomic E-state index is 11.8. The van der Waals surface area contributed by atoms with Crippen LogP contribution >= 0.6 is 11.6 Å². The molecular formula is C12H23ClN2O2. The van der Waals surface area contributed by atoms with Crippen LogP contribution in [0.3, 0.4) is 0 Å². The van der Waals surface area contributed by atoms with E-state index in [9.17, 15) is 4.79 Å². The van der Waals surface area contributed by atoms with Gasteiger partial charge in [-0.15, -0.1) is 11.6 Å². The number of rotatable bonds is 5. The second-order valence-corrected chi connectivity index (χ2v) is 5.63. The number of hydrogen-bond donors (Lipinski definition) is 2. The van der Waals surface area contributed by atoms with E-state index in [2.05, 4.69) is 19.3 Å². The molecule has 1 rings (SSSR count). The standard InChI is InChI=1S/C12H23ClN2O2/c1-12(2)7-3-6-10(17-12)9(5-4-8-13)11(16)15-14/h9-10H,3-8,14H2,1-2H3,(H,15,16). The highest BCUT2D eigenvalue weighted by Crippen LogP contribution is 2.33. The van der Waals surface area contributed by atoms with E-state index >= 15 is 0 Å². The summed E-state index contributed by atoms with van der Waals surface area (Å²) in [5, 5.41) is 0. The van der Waals surface area contributed by atoms with Crippen molar-refractivity contribution in [3.05, 3.63) is 0 Å². The molecule has 1 amide bonds. The number of alkyl halides is 1. The van der Waals surface area contributed by atoms with Crippen LogP contribution in [0.25, 0.3) is 0 Å². The molecule has 1 aliphatic heterocycles. The zero-order valence-corrected chi connectivity index (χ0v) is 11.4. The maximum Gasteiger partial charge on any atom is 0.239 e. The highest BCUT2D eigenvalue weighted by atomic mass is 35.5. The van der Waals surface area contributed by atoms with Crippen molar-refractivity contribution in [3.63, 3.8) is 0 Å². The molecule has 0 aromatic carbocycles. The van der Waals surface area contributed by atoms with Crippen LogP contribution in [0.15, 0.2) is 0 Å². The summed E-state index contributed by atoms with van der Waals surface area (Å²) in [5.41, 5.74) is 2.09. The molecule has 0 aromatic heterocycles. The molecule has 1 fully saturated rings. The van der Waals surface area contributed by atoms with Crippen LogP contribution in [0.2, 0.25) is 0 Å². The van der Waals surface area contributed by atoms with Crippen LogP contribution in [0.5, 0.6) is 0 Å². The number of hydrogen-bond acceptors (Lipinski definition) is 3. The minimum absolute atomic E-state index is 0.0366. The number of ether oxygens (including phenoxy) is 1. The number of hydrazine groups is 1. The van der Waals surface area contributed by atoms with Gasteiger partial charge in [-0.05, 0) is 46.0 Å². The zero-order chi connectivity index (χ0) is 12.9. The minimum atomic E-state index is -0.182. The molecule has 1 aliphatic rings. The summed E-state index contributed by atoms with van der Waals surface area (Å²) in [4.78, 5) is 11.8. The molecule has 100 valence electrons. The first-order valence-electron chi connectivity index (χ1n) is 6.24. The van der Waals surface area contributed by atoms with Crippen molar-refractivity contribution >= 4 is 17.5 Å². The lowest BCUT2D eigenvalue weighted by atomic mass is 9.87. The van der Waals surface area contributed by atoms with Gasteiger partial charge in [0.05, 0.1) is 17.6 Å². The van der Waals surface area contributed by atoms with Crippen LogP contribution in [-0.4, -0.2) is 23.5 Å². The van der Waals surface area contributed by atoms with E-state index in [1.54, 1.807) is 0 Å². The van der Waals surface area contributed by atoms with Gasteiger partial charge in [0, 0.05) is 5.88 Å². The van der Waals surface area contributed by atoms with Gasteiger partial charge in [-0.2, -0.15) is 0 Å². The van der Waals surface area contributed by atoms with E-state index < -0.39 is 0 Å². The fraction of sp³-hybridized carbons (Fsp3) is 0.917. The number of halogens is 1. The number of nitrogens with two attached hydrogens (primary N) is 1. The lowest BCUT2D eigenvalue weighted by Crippen LogP contribution is -2.46. The van der Waals surface area contributed by atoms with Crippen LogP contribution < -0.4 is 11.3 Å². The predicted octanol–water partition coefficient (Wildman–Crippen LogP) is 1.96. The molecule has 0 spiro atoms. The maximum absolute atomic E-state index is 11.8. The van der Waals surface area contributed by atoms with Gasteiger partial charge in [-0.25, -0.2) is 5.84 Å². The normalized spacial score (nSPS) is 25.3. The first kappa shape index (κ1) is 14.7. The molecular weight excluding hydrogens is 240 g/mol. The van der Waals surface area contributed by atoms with Crippen LogP contribution in [0.4, 0.5) is 0 Å². The van der Waals surface area contributed by atoms with Gasteiger partial charge in [-0.1, -0.05) is 0 Å². The molecule has 2 unspecified atom stereocenters. The summed E-state index contributed by atoms with van der Waals surface area (Å²) < 4.78 is 6.00. The molecule has 0 radical (unpaired) electrons. The van der Waals surface area contributed by atoms with Gasteiger partial charge in [0.2, 0.25) is 5.91 Å². The van der Waals surface area contributed by atoms with E-state index in [1.165, 1.54) is 0 Å². The quantitative estimate of drug-likeness (QED) is 0.345. The van der Waals surface area contributed by atoms with Crippen molar-refractivity contribution < 1.29 is 9.53 Å². The Labute approximate surface area is 108 Å². The highest BCUT2D eigenvalue weighted by Gasteiger charge is 2.36. The molecule has 0 aliphatic carbocycles. The molecule has 2 atom stereocenters. The van der Waals surface area contributed by atoms with E-state index in [0.717, 1.165) is 32.1 Å². The van der Waals surface area contributed by atoms with Gasteiger partial charge in [0.25, 0.3) is 0 Å². The van der Waals surface area contributed by atoms with E-state index in [1.807, 2.05) is 0 Å². The Bertz CT molecular complexity index is 259. The fourth-order valence-corrected chi connectivity index (χ4v) is 2.58. The Kier molecular flexibility index (Phi) is 5.70. The van der Waals surface area contributed by atoms with Crippen molar-refractivity contribution in [3.8, 4) is 0 Å². The monoisotopic (exact) mass is 262 g/mol. The first-order valence-corrected chi connectivity index (χ1v) is 6.78. The Morgan fingerprint density at radius 3 is 2.88 bits per heavy atom. The average Bonchev–Trinajstić information content (AvgIpc) is 2.28. The van der Waals surface area contributed by atoms with Gasteiger partial charge < -0.3 is 4.74 Å². The van der Waals surface area contributed by atoms with Gasteiger partial charge in [0.1, 0.15) is 0 Å². The molecule has 0 bridgehead atoms. The van der Waals surface area contributed by atoms with Crippen molar-refractivity contribution in [2.24, 2.45) is 11.8 Å². The molecule has 3 N–H and O–H groups in total. The molecule has 1 saturated heterocycles. The third-order valence-electron chi connectivity index (χ3n) is 3.31. The predicted molar refractivity (Wildman–Crippen MR) is 68.6 cm³/mol. The largest absolute Gasteiger partial charge is 0.372 e. The Balaban J connectivity index is 2.64. The van der Waals surface area contributed by atoms with Crippen LogP contribution in [-0.2, 0) is 9.53 Å². The fourth-order valence-electron chi connectivity index (χ4n) is 2.43. The summed E-state index contributed by atoms with van der Waals surface area (Å²) in [7, 11) is 0. The van der Waals surface area contributed by atoms with E-state index in [-0.39, 0.29) is 23.5 Å². The lowest BCUT2D eigenvalue weighted by molar-refractivity contribution is -0.150. The first-order chi connectivity index (χ1) is 8.00. The summed E-state index contributed by atoms with van der Waals surface area (Å²) in [5.74, 6) is 5.47. The third-order valence-corrected chi connectivity index (χ3v) is 3.58. The smallest absolute Gasteiger partial charge is 0.239 e. The highest BCUT2D eigenvalue weighted by molar-refractivity contribution is 6.17. The SMILES string of the molecule is CC1(C)CCCC(C(CCCCl)C(=O)NN)O1. The second-order valence-electron chi connectivity index (χ2n) is 5.25. The Hall–Kier alpha value is -0.320. The summed E-state index contributed by atoms with van der Waals surface area (Å²) >= 11 is 5.68. The number of carbonyl (C=O) groups excluding carboxylic acids is 1. The Morgan fingerprint density at radius 2 is 2.35 bits per heavy atom. The molecule has 4 nitrogen and oxygen atoms in total. The average molecular weight is 263 g/mol. The van der Waals surface area contributed by atoms with Crippen molar-refractivity contribution in [1.29, 1.82) is 0 Å². The topological polar surface area (TPSA) is 64.4 Å². The van der Waals surface area contributed by atoms with Crippen LogP contribution in [0.1, 0.15) is 46.0 Å². The molecule has 1 heterocycles. The number of nitrogens with one attached hydrogen (secondary N) is 1. The Morgan fingerprint density at radius 1 is 1.65 bits per heavy atom. The van der Waals surface area contributed by atoms with Gasteiger partial charge in [-0.3, -0.25) is 10.2 Å². The molecule has 0 saturated carbocycles. The third kappa shape index (κ3) is 4.45. The van der Waals surface area contributed by atoms with Crippen molar-refractivity contribution in [2.75, 3.05) is 5.88 Å². The molecule has 17 heavy (non-hydrogen) atoms. The van der Waals surface area contributed by atoms with E-state index in [0.29, 0.717) is 5.88 Å². The summed E-state index contributed by atoms with van der Waals surface area (Å²) in [6, 6.07) is 0. The molecule has 5 heteroatoms. The summed E-state index contributed by atoms with van der Waals surface area (Å²) in [6.07, 6.45) is 4.55.